The average molecular weight is 375 g/mol. The van der Waals surface area contributed by atoms with E-state index in [-0.39, 0.29) is 18.3 Å². The number of hydrogen-bond donors (Lipinski definition) is 0. The molecule has 0 fully saturated rings. The monoisotopic (exact) mass is 375 g/mol. The molecular weight excluding hydrogens is 357 g/mol. The second-order valence-corrected chi connectivity index (χ2v) is 5.19. The molecule has 4 nitrogen and oxygen atoms in total. The van der Waals surface area contributed by atoms with Crippen LogP contribution in [0.15, 0.2) is 24.3 Å². The molecule has 1 rings (SSSR count). The molecule has 0 aliphatic rings. The smallest absolute Gasteiger partial charge is 0.307 e. The number of benzene rings is 1. The van der Waals surface area contributed by atoms with E-state index in [0.717, 1.165) is 3.57 Å². The number of nitrogens with zero attached hydrogens (tertiary/aromatic N) is 1. The molecule has 104 valence electrons. The molecular formula is C14H18INO3. The van der Waals surface area contributed by atoms with Crippen LogP contribution in [-0.4, -0.2) is 36.5 Å². The largest absolute Gasteiger partial charge is 0.466 e. The van der Waals surface area contributed by atoms with E-state index in [1.165, 1.54) is 0 Å². The van der Waals surface area contributed by atoms with E-state index in [4.69, 9.17) is 4.74 Å². The van der Waals surface area contributed by atoms with Gasteiger partial charge in [0.1, 0.15) is 0 Å². The summed E-state index contributed by atoms with van der Waals surface area (Å²) in [7, 11) is 0. The highest BCUT2D eigenvalue weighted by molar-refractivity contribution is 14.1. The van der Waals surface area contributed by atoms with Crippen LogP contribution in [0.5, 0.6) is 0 Å². The summed E-state index contributed by atoms with van der Waals surface area (Å²) in [6.07, 6.45) is 0.234. The van der Waals surface area contributed by atoms with Crippen LogP contribution in [-0.2, 0) is 9.53 Å². The Morgan fingerprint density at radius 3 is 2.37 bits per heavy atom. The normalized spacial score (nSPS) is 10.1. The Morgan fingerprint density at radius 1 is 1.21 bits per heavy atom. The van der Waals surface area contributed by atoms with Crippen molar-refractivity contribution >= 4 is 34.5 Å². The lowest BCUT2D eigenvalue weighted by Crippen LogP contribution is -2.33. The van der Waals surface area contributed by atoms with Crippen molar-refractivity contribution in [1.82, 2.24) is 4.90 Å². The van der Waals surface area contributed by atoms with Gasteiger partial charge >= 0.3 is 5.97 Å². The molecule has 0 radical (unpaired) electrons. The van der Waals surface area contributed by atoms with E-state index in [9.17, 15) is 9.59 Å². The number of carbonyl (C=O) groups excluding carboxylic acids is 2. The van der Waals surface area contributed by atoms with Crippen molar-refractivity contribution in [1.29, 1.82) is 0 Å². The second-order valence-electron chi connectivity index (χ2n) is 3.95. The van der Waals surface area contributed by atoms with E-state index in [1.807, 2.05) is 19.1 Å². The van der Waals surface area contributed by atoms with Gasteiger partial charge in [-0.3, -0.25) is 9.59 Å². The van der Waals surface area contributed by atoms with Crippen molar-refractivity contribution in [3.05, 3.63) is 33.4 Å². The maximum atomic E-state index is 12.2. The van der Waals surface area contributed by atoms with Gasteiger partial charge in [0.15, 0.2) is 0 Å². The number of carbonyl (C=O) groups is 2. The first-order chi connectivity index (χ1) is 9.08. The highest BCUT2D eigenvalue weighted by Gasteiger charge is 2.15. The molecule has 0 bridgehead atoms. The number of hydrogen-bond acceptors (Lipinski definition) is 3. The van der Waals surface area contributed by atoms with E-state index < -0.39 is 0 Å². The highest BCUT2D eigenvalue weighted by Crippen LogP contribution is 2.10. The zero-order chi connectivity index (χ0) is 14.3. The van der Waals surface area contributed by atoms with Crippen LogP contribution in [0.25, 0.3) is 0 Å². The predicted molar refractivity (Wildman–Crippen MR) is 82.0 cm³/mol. The molecule has 1 aromatic carbocycles. The maximum absolute atomic E-state index is 12.2. The Balaban J connectivity index is 2.61. The minimum Gasteiger partial charge on any atom is -0.466 e. The van der Waals surface area contributed by atoms with Gasteiger partial charge in [0.2, 0.25) is 0 Å². The van der Waals surface area contributed by atoms with Crippen molar-refractivity contribution < 1.29 is 14.3 Å². The molecule has 5 heteroatoms. The molecule has 0 saturated carbocycles. The minimum absolute atomic E-state index is 0.0526. The van der Waals surface area contributed by atoms with Gasteiger partial charge < -0.3 is 9.64 Å². The van der Waals surface area contributed by atoms with Gasteiger partial charge in [-0.15, -0.1) is 0 Å². The summed E-state index contributed by atoms with van der Waals surface area (Å²) in [5.41, 5.74) is 0.645. The third-order valence-electron chi connectivity index (χ3n) is 2.65. The number of esters is 1. The quantitative estimate of drug-likeness (QED) is 0.568. The molecule has 0 aromatic heterocycles. The summed E-state index contributed by atoms with van der Waals surface area (Å²) in [5, 5.41) is 0. The highest BCUT2D eigenvalue weighted by atomic mass is 127. The lowest BCUT2D eigenvalue weighted by molar-refractivity contribution is -0.143. The molecule has 0 spiro atoms. The summed E-state index contributed by atoms with van der Waals surface area (Å²) >= 11 is 2.19. The van der Waals surface area contributed by atoms with Crippen LogP contribution >= 0.6 is 22.6 Å². The van der Waals surface area contributed by atoms with E-state index in [1.54, 1.807) is 24.0 Å². The standard InChI is InChI=1S/C14H18INO3/c1-3-16(10-9-13(17)19-4-2)14(18)11-5-7-12(15)8-6-11/h5-8H,3-4,9-10H2,1-2H3. The molecule has 0 unspecified atom stereocenters. The van der Waals surface area contributed by atoms with Gasteiger partial charge in [-0.05, 0) is 60.7 Å². The first-order valence-corrected chi connectivity index (χ1v) is 7.36. The van der Waals surface area contributed by atoms with Gasteiger partial charge in [0, 0.05) is 22.2 Å². The zero-order valence-corrected chi connectivity index (χ0v) is 13.3. The Labute approximate surface area is 127 Å². The second kappa shape index (κ2) is 8.14. The minimum atomic E-state index is -0.267. The fourth-order valence-electron chi connectivity index (χ4n) is 1.64. The third-order valence-corrected chi connectivity index (χ3v) is 3.37. The average Bonchev–Trinajstić information content (AvgIpc) is 2.40. The third kappa shape index (κ3) is 5.18. The van der Waals surface area contributed by atoms with E-state index >= 15 is 0 Å². The fourth-order valence-corrected chi connectivity index (χ4v) is 2.00. The topological polar surface area (TPSA) is 46.6 Å². The first-order valence-electron chi connectivity index (χ1n) is 6.29. The molecule has 19 heavy (non-hydrogen) atoms. The molecule has 0 atom stereocenters. The number of ether oxygens (including phenoxy) is 1. The molecule has 0 N–H and O–H groups in total. The molecule has 0 saturated heterocycles. The molecule has 1 amide bonds. The molecule has 0 aliphatic carbocycles. The van der Waals surface area contributed by atoms with Crippen molar-refractivity contribution in [2.24, 2.45) is 0 Å². The summed E-state index contributed by atoms with van der Waals surface area (Å²) in [5.74, 6) is -0.320. The fraction of sp³-hybridized carbons (Fsp3) is 0.429. The summed E-state index contributed by atoms with van der Waals surface area (Å²) in [6.45, 7) is 5.00. The van der Waals surface area contributed by atoms with Crippen LogP contribution < -0.4 is 0 Å². The zero-order valence-electron chi connectivity index (χ0n) is 11.2. The Hall–Kier alpha value is -1.11. The maximum Gasteiger partial charge on any atom is 0.307 e. The van der Waals surface area contributed by atoms with Crippen LogP contribution in [0.2, 0.25) is 0 Å². The first kappa shape index (κ1) is 15.9. The van der Waals surface area contributed by atoms with Gasteiger partial charge in [0.05, 0.1) is 13.0 Å². The van der Waals surface area contributed by atoms with Crippen LogP contribution in [0, 0.1) is 3.57 Å². The van der Waals surface area contributed by atoms with Crippen molar-refractivity contribution in [3.63, 3.8) is 0 Å². The SMILES string of the molecule is CCOC(=O)CCN(CC)C(=O)c1ccc(I)cc1. The Kier molecular flexibility index (Phi) is 6.83. The number of rotatable bonds is 6. The molecule has 1 aromatic rings. The van der Waals surface area contributed by atoms with Gasteiger partial charge in [-0.2, -0.15) is 0 Å². The van der Waals surface area contributed by atoms with Crippen LogP contribution in [0.1, 0.15) is 30.6 Å². The van der Waals surface area contributed by atoms with Crippen molar-refractivity contribution in [2.75, 3.05) is 19.7 Å². The van der Waals surface area contributed by atoms with E-state index in [2.05, 4.69) is 22.6 Å². The van der Waals surface area contributed by atoms with Crippen LogP contribution in [0.3, 0.4) is 0 Å². The Bertz CT molecular complexity index is 431. The predicted octanol–water partition coefficient (Wildman–Crippen LogP) is 2.71. The van der Waals surface area contributed by atoms with Crippen molar-refractivity contribution in [3.8, 4) is 0 Å². The summed E-state index contributed by atoms with van der Waals surface area (Å²) in [6, 6.07) is 7.40. The van der Waals surface area contributed by atoms with E-state index in [0.29, 0.717) is 25.3 Å². The lowest BCUT2D eigenvalue weighted by Gasteiger charge is -2.20. The molecule has 0 heterocycles. The van der Waals surface area contributed by atoms with Gasteiger partial charge in [-0.25, -0.2) is 0 Å². The van der Waals surface area contributed by atoms with Crippen LogP contribution in [0.4, 0.5) is 0 Å². The van der Waals surface area contributed by atoms with Gasteiger partial charge in [0.25, 0.3) is 5.91 Å². The lowest BCUT2D eigenvalue weighted by atomic mass is 10.2. The summed E-state index contributed by atoms with van der Waals surface area (Å²) < 4.78 is 5.95. The van der Waals surface area contributed by atoms with Crippen molar-refractivity contribution in [2.45, 2.75) is 20.3 Å². The number of halogens is 1. The molecule has 0 aliphatic heterocycles. The van der Waals surface area contributed by atoms with Gasteiger partial charge in [-0.1, -0.05) is 0 Å². The number of amides is 1. The Morgan fingerprint density at radius 2 is 1.84 bits per heavy atom. The summed E-state index contributed by atoms with van der Waals surface area (Å²) in [4.78, 5) is 25.2.